The van der Waals surface area contributed by atoms with Crippen molar-refractivity contribution in [1.29, 1.82) is 0 Å². The predicted octanol–water partition coefficient (Wildman–Crippen LogP) is 2.41. The van der Waals surface area contributed by atoms with E-state index in [1.807, 2.05) is 18.7 Å². The number of rotatable bonds is 7. The molecule has 0 bridgehead atoms. The van der Waals surface area contributed by atoms with Crippen molar-refractivity contribution < 1.29 is 14.7 Å². The number of aromatic nitrogens is 3. The number of hydrogen-bond acceptors (Lipinski definition) is 5. The van der Waals surface area contributed by atoms with Gasteiger partial charge in [0.15, 0.2) is 5.56 Å². The van der Waals surface area contributed by atoms with Crippen LogP contribution < -0.4 is 10.9 Å². The first kappa shape index (κ1) is 23.1. The Hall–Kier alpha value is -3.10. The summed E-state index contributed by atoms with van der Waals surface area (Å²) in [5, 5.41) is 17.8. The lowest BCUT2D eigenvalue weighted by atomic mass is 10.0. The van der Waals surface area contributed by atoms with Gasteiger partial charge in [0.05, 0.1) is 6.20 Å². The number of carbonyl (C=O) groups is 2. The van der Waals surface area contributed by atoms with Crippen LogP contribution in [-0.4, -0.2) is 54.6 Å². The summed E-state index contributed by atoms with van der Waals surface area (Å²) < 4.78 is 2.68. The molecule has 1 atom stereocenters. The number of hydrogen-bond donors (Lipinski definition) is 2. The zero-order chi connectivity index (χ0) is 23.9. The molecule has 2 amide bonds. The van der Waals surface area contributed by atoms with Gasteiger partial charge in [-0.1, -0.05) is 27.7 Å². The minimum atomic E-state index is -0.587. The topological polar surface area (TPSA) is 109 Å². The summed E-state index contributed by atoms with van der Waals surface area (Å²) in [6, 6.07) is 0.273. The maximum Gasteiger partial charge on any atom is 0.270 e. The van der Waals surface area contributed by atoms with Gasteiger partial charge in [-0.2, -0.15) is 9.61 Å². The van der Waals surface area contributed by atoms with Gasteiger partial charge in [-0.05, 0) is 43.6 Å². The molecule has 2 N–H and O–H groups in total. The average molecular weight is 456 g/mol. The number of amides is 2. The predicted molar refractivity (Wildman–Crippen MR) is 125 cm³/mol. The third kappa shape index (κ3) is 4.54. The van der Waals surface area contributed by atoms with Crippen LogP contribution in [-0.2, 0) is 11.3 Å². The molecule has 2 aliphatic rings. The molecule has 1 aliphatic heterocycles. The number of likely N-dealkylation sites (tertiary alicyclic amines) is 1. The van der Waals surface area contributed by atoms with Crippen LogP contribution in [0.4, 0.5) is 0 Å². The summed E-state index contributed by atoms with van der Waals surface area (Å²) in [6.45, 7) is 9.25. The Labute approximate surface area is 193 Å². The molecule has 1 saturated heterocycles. The maximum absolute atomic E-state index is 13.3. The highest BCUT2D eigenvalue weighted by molar-refractivity contribution is 5.97. The number of nitrogens with zero attached hydrogens (tertiary/aromatic N) is 4. The lowest BCUT2D eigenvalue weighted by Gasteiger charge is -2.26. The standard InChI is InChI=1S/C24H33N5O4/c1-14(2)13-28-22-16(7-10-19(30)27-11-5-6-18(27)15(3)4)12-25-29(22)24(33)20(23(28)32)21(31)26-17-8-9-17/h7,10,12,14-15,17-18,33H,5-6,8-9,11,13H2,1-4H3,(H,26,31). The Balaban J connectivity index is 1.74. The fraction of sp³-hybridized carbons (Fsp3) is 0.583. The first-order chi connectivity index (χ1) is 15.7. The molecule has 1 saturated carbocycles. The monoisotopic (exact) mass is 455 g/mol. The Bertz CT molecular complexity index is 1160. The fourth-order valence-electron chi connectivity index (χ4n) is 4.56. The van der Waals surface area contributed by atoms with Crippen molar-refractivity contribution in [3.63, 3.8) is 0 Å². The van der Waals surface area contributed by atoms with E-state index >= 15 is 0 Å². The van der Waals surface area contributed by atoms with E-state index < -0.39 is 17.3 Å². The van der Waals surface area contributed by atoms with E-state index in [1.54, 1.807) is 6.08 Å². The highest BCUT2D eigenvalue weighted by Crippen LogP contribution is 2.26. The molecule has 1 unspecified atom stereocenters. The normalized spacial score (nSPS) is 18.8. The number of aromatic hydroxyl groups is 1. The molecule has 2 aromatic heterocycles. The van der Waals surface area contributed by atoms with Crippen molar-refractivity contribution in [2.24, 2.45) is 11.8 Å². The largest absolute Gasteiger partial charge is 0.492 e. The van der Waals surface area contributed by atoms with Gasteiger partial charge in [0.25, 0.3) is 11.5 Å². The Kier molecular flexibility index (Phi) is 6.32. The number of nitrogens with one attached hydrogen (secondary N) is 1. The quantitative estimate of drug-likeness (QED) is 0.623. The molecule has 0 spiro atoms. The summed E-state index contributed by atoms with van der Waals surface area (Å²) in [5.41, 5.74) is 0.0280. The average Bonchev–Trinajstić information content (AvgIpc) is 3.25. The van der Waals surface area contributed by atoms with E-state index in [-0.39, 0.29) is 29.5 Å². The Morgan fingerprint density at radius 2 is 1.97 bits per heavy atom. The van der Waals surface area contributed by atoms with Gasteiger partial charge in [0.2, 0.25) is 11.8 Å². The smallest absolute Gasteiger partial charge is 0.270 e. The van der Waals surface area contributed by atoms with Crippen LogP contribution in [0, 0.1) is 11.8 Å². The van der Waals surface area contributed by atoms with E-state index in [0.29, 0.717) is 23.7 Å². The maximum atomic E-state index is 13.3. The minimum Gasteiger partial charge on any atom is -0.492 e. The zero-order valence-electron chi connectivity index (χ0n) is 19.7. The van der Waals surface area contributed by atoms with Gasteiger partial charge in [-0.3, -0.25) is 19.0 Å². The van der Waals surface area contributed by atoms with Gasteiger partial charge in [-0.15, -0.1) is 0 Å². The highest BCUT2D eigenvalue weighted by Gasteiger charge is 2.31. The van der Waals surface area contributed by atoms with Crippen molar-refractivity contribution in [3.8, 4) is 5.88 Å². The molecule has 9 heteroatoms. The van der Waals surface area contributed by atoms with Crippen LogP contribution in [0.1, 0.15) is 69.3 Å². The Morgan fingerprint density at radius 3 is 2.61 bits per heavy atom. The molecule has 0 radical (unpaired) electrons. The van der Waals surface area contributed by atoms with Crippen molar-refractivity contribution >= 4 is 23.5 Å². The van der Waals surface area contributed by atoms with Gasteiger partial charge < -0.3 is 15.3 Å². The third-order valence-corrected chi connectivity index (χ3v) is 6.35. The third-order valence-electron chi connectivity index (χ3n) is 6.35. The van der Waals surface area contributed by atoms with E-state index in [1.165, 1.54) is 21.4 Å². The lowest BCUT2D eigenvalue weighted by molar-refractivity contribution is -0.127. The lowest BCUT2D eigenvalue weighted by Crippen LogP contribution is -2.37. The minimum absolute atomic E-state index is 0.0490. The van der Waals surface area contributed by atoms with Gasteiger partial charge >= 0.3 is 0 Å². The summed E-state index contributed by atoms with van der Waals surface area (Å²) in [7, 11) is 0. The van der Waals surface area contributed by atoms with E-state index in [2.05, 4.69) is 24.3 Å². The van der Waals surface area contributed by atoms with Gasteiger partial charge in [0.1, 0.15) is 5.65 Å². The van der Waals surface area contributed by atoms with Crippen LogP contribution >= 0.6 is 0 Å². The molecule has 1 aliphatic carbocycles. The second kappa shape index (κ2) is 9.03. The van der Waals surface area contributed by atoms with E-state index in [9.17, 15) is 19.5 Å². The molecule has 2 fully saturated rings. The summed E-state index contributed by atoms with van der Waals surface area (Å²) >= 11 is 0. The molecule has 2 aromatic rings. The molecular formula is C24H33N5O4. The molecule has 0 aromatic carbocycles. The molecule has 4 rings (SSSR count). The second-order valence-corrected chi connectivity index (χ2v) is 9.91. The van der Waals surface area contributed by atoms with Gasteiger partial charge in [-0.25, -0.2) is 0 Å². The van der Waals surface area contributed by atoms with Gasteiger partial charge in [0, 0.05) is 36.8 Å². The number of fused-ring (bicyclic) bond motifs is 1. The van der Waals surface area contributed by atoms with Crippen molar-refractivity contribution in [2.75, 3.05) is 6.54 Å². The van der Waals surface area contributed by atoms with E-state index in [4.69, 9.17) is 0 Å². The number of carbonyl (C=O) groups excluding carboxylic acids is 2. The first-order valence-electron chi connectivity index (χ1n) is 11.8. The van der Waals surface area contributed by atoms with Crippen LogP contribution in [0.5, 0.6) is 5.88 Å². The van der Waals surface area contributed by atoms with Crippen molar-refractivity contribution in [3.05, 3.63) is 33.8 Å². The molecule has 178 valence electrons. The molecule has 9 nitrogen and oxygen atoms in total. The van der Waals surface area contributed by atoms with Crippen molar-refractivity contribution in [2.45, 2.75) is 72.0 Å². The van der Waals surface area contributed by atoms with Crippen molar-refractivity contribution in [1.82, 2.24) is 24.4 Å². The van der Waals surface area contributed by atoms with E-state index in [0.717, 1.165) is 32.2 Å². The molecule has 33 heavy (non-hydrogen) atoms. The van der Waals surface area contributed by atoms with Crippen LogP contribution in [0.25, 0.3) is 11.7 Å². The van der Waals surface area contributed by atoms with Crippen LogP contribution in [0.15, 0.2) is 17.1 Å². The summed E-state index contributed by atoms with van der Waals surface area (Å²) in [5.74, 6) is -0.655. The Morgan fingerprint density at radius 1 is 1.24 bits per heavy atom. The molecular weight excluding hydrogens is 422 g/mol. The SMILES string of the molecule is CC(C)Cn1c(=O)c(C(=O)NC2CC2)c(O)n2ncc(C=CC(=O)N3CCCC3C(C)C)c12. The van der Waals surface area contributed by atoms with Crippen LogP contribution in [0.3, 0.4) is 0 Å². The summed E-state index contributed by atoms with van der Waals surface area (Å²) in [4.78, 5) is 40.8. The zero-order valence-corrected chi connectivity index (χ0v) is 19.7. The molecule has 3 heterocycles. The highest BCUT2D eigenvalue weighted by atomic mass is 16.3. The second-order valence-electron chi connectivity index (χ2n) is 9.91. The van der Waals surface area contributed by atoms with Crippen LogP contribution in [0.2, 0.25) is 0 Å². The fourth-order valence-corrected chi connectivity index (χ4v) is 4.56. The first-order valence-corrected chi connectivity index (χ1v) is 11.8. The summed E-state index contributed by atoms with van der Waals surface area (Å²) in [6.07, 6.45) is 8.38.